The van der Waals surface area contributed by atoms with Crippen molar-refractivity contribution in [3.8, 4) is 0 Å². The fourth-order valence-electron chi connectivity index (χ4n) is 5.78. The molecule has 0 aromatic heterocycles. The van der Waals surface area contributed by atoms with Crippen LogP contribution in [0.15, 0.2) is 40.9 Å². The maximum atomic E-state index is 13.7. The Morgan fingerprint density at radius 1 is 0.923 bits per heavy atom. The molecule has 10 heteroatoms. The van der Waals surface area contributed by atoms with Crippen LogP contribution in [0.25, 0.3) is 0 Å². The lowest BCUT2D eigenvalue weighted by atomic mass is 9.93. The largest absolute Gasteiger partial charge is 0.342 e. The first-order chi connectivity index (χ1) is 18.5. The summed E-state index contributed by atoms with van der Waals surface area (Å²) < 4.78 is 0.646. The van der Waals surface area contributed by atoms with Gasteiger partial charge < -0.3 is 14.7 Å². The highest BCUT2D eigenvalue weighted by atomic mass is 79.9. The Kier molecular flexibility index (Phi) is 8.27. The molecule has 0 bridgehead atoms. The van der Waals surface area contributed by atoms with Crippen molar-refractivity contribution in [1.29, 1.82) is 0 Å². The van der Waals surface area contributed by atoms with Crippen LogP contribution in [-0.4, -0.2) is 71.7 Å². The molecule has 2 heterocycles. The molecule has 2 aromatic carbocycles. The third-order valence-electron chi connectivity index (χ3n) is 8.60. The van der Waals surface area contributed by atoms with Crippen molar-refractivity contribution in [3.05, 3.63) is 67.1 Å². The molecule has 3 fully saturated rings. The molecule has 2 saturated heterocycles. The van der Waals surface area contributed by atoms with Gasteiger partial charge in [0.15, 0.2) is 0 Å². The highest BCUT2D eigenvalue weighted by Gasteiger charge is 2.48. The first-order valence-corrected chi connectivity index (χ1v) is 15.2. The molecule has 208 valence electrons. The van der Waals surface area contributed by atoms with Crippen molar-refractivity contribution in [2.45, 2.75) is 44.6 Å². The molecule has 1 aliphatic carbocycles. The Morgan fingerprint density at radius 2 is 1.59 bits per heavy atom. The number of likely N-dealkylation sites (N-methyl/N-ethyl adjacent to an activating group) is 1. The van der Waals surface area contributed by atoms with Crippen LogP contribution in [0.4, 0.5) is 0 Å². The van der Waals surface area contributed by atoms with E-state index < -0.39 is 0 Å². The summed E-state index contributed by atoms with van der Waals surface area (Å²) in [6.45, 7) is 4.14. The number of likely N-dealkylation sites (tertiary alicyclic amines) is 2. The van der Waals surface area contributed by atoms with E-state index in [1.165, 1.54) is 0 Å². The standard InChI is InChI=1S/C29H31BrCl3N3O3/c1-29(9-10-29)28(39)35-11-7-17(8-12-35)27(38)36-15-20(18-3-6-23(32)24(33)14-18)25(16-36)34(2)26(37)19-4-5-22(31)21(30)13-19/h3-6,13-14,17,20,25H,7-12,15-16H2,1-2H3/t20-,25?/m1/s1. The second-order valence-electron chi connectivity index (χ2n) is 11.3. The van der Waals surface area contributed by atoms with Crippen molar-refractivity contribution >= 4 is 68.5 Å². The van der Waals surface area contributed by atoms with Gasteiger partial charge in [-0.15, -0.1) is 0 Å². The third-order valence-corrected chi connectivity index (χ3v) is 10.6. The van der Waals surface area contributed by atoms with Crippen LogP contribution in [0.5, 0.6) is 0 Å². The molecule has 0 radical (unpaired) electrons. The topological polar surface area (TPSA) is 60.9 Å². The van der Waals surface area contributed by atoms with E-state index in [0.717, 1.165) is 18.4 Å². The number of piperidine rings is 1. The summed E-state index contributed by atoms with van der Waals surface area (Å²) in [5.74, 6) is -0.116. The molecule has 3 amide bonds. The van der Waals surface area contributed by atoms with Crippen molar-refractivity contribution < 1.29 is 14.4 Å². The van der Waals surface area contributed by atoms with Crippen LogP contribution in [0, 0.1) is 11.3 Å². The van der Waals surface area contributed by atoms with Gasteiger partial charge in [-0.3, -0.25) is 14.4 Å². The summed E-state index contributed by atoms with van der Waals surface area (Å²) in [6.07, 6.45) is 3.23. The Bertz CT molecular complexity index is 1310. The smallest absolute Gasteiger partial charge is 0.253 e. The number of nitrogens with zero attached hydrogens (tertiary/aromatic N) is 3. The molecule has 6 nitrogen and oxygen atoms in total. The fraction of sp³-hybridized carbons (Fsp3) is 0.483. The molecule has 3 aliphatic rings. The second-order valence-corrected chi connectivity index (χ2v) is 13.3. The summed E-state index contributed by atoms with van der Waals surface area (Å²) in [6, 6.07) is 10.3. The monoisotopic (exact) mass is 653 g/mol. The zero-order valence-corrected chi connectivity index (χ0v) is 25.8. The van der Waals surface area contributed by atoms with Gasteiger partial charge in [-0.2, -0.15) is 0 Å². The summed E-state index contributed by atoms with van der Waals surface area (Å²) >= 11 is 22.1. The van der Waals surface area contributed by atoms with Crippen molar-refractivity contribution in [2.75, 3.05) is 33.2 Å². The minimum atomic E-state index is -0.260. The number of carbonyl (C=O) groups is 3. The van der Waals surface area contributed by atoms with Gasteiger partial charge in [0, 0.05) is 60.5 Å². The predicted octanol–water partition coefficient (Wildman–Crippen LogP) is 6.51. The normalized spacial score (nSPS) is 22.6. The third kappa shape index (κ3) is 5.83. The van der Waals surface area contributed by atoms with Crippen molar-refractivity contribution in [1.82, 2.24) is 14.7 Å². The fourth-order valence-corrected chi connectivity index (χ4v) is 6.59. The summed E-state index contributed by atoms with van der Waals surface area (Å²) in [5, 5.41) is 1.42. The summed E-state index contributed by atoms with van der Waals surface area (Å²) in [4.78, 5) is 45.5. The van der Waals surface area contributed by atoms with E-state index in [1.807, 2.05) is 28.9 Å². The lowest BCUT2D eigenvalue weighted by molar-refractivity contribution is -0.142. The van der Waals surface area contributed by atoms with E-state index in [4.69, 9.17) is 34.8 Å². The number of rotatable bonds is 5. The number of hydrogen-bond donors (Lipinski definition) is 0. The molecule has 0 spiro atoms. The minimum Gasteiger partial charge on any atom is -0.342 e. The SMILES string of the molecule is CN(C(=O)c1ccc(Cl)c(Br)c1)C1CN(C(=O)C2CCN(C(=O)C3(C)CC3)CC2)C[C@@H]1c1ccc(Cl)c(Cl)c1. The zero-order valence-electron chi connectivity index (χ0n) is 21.9. The molecule has 1 saturated carbocycles. The number of halogens is 4. The van der Waals surface area contributed by atoms with E-state index in [2.05, 4.69) is 15.9 Å². The van der Waals surface area contributed by atoms with E-state index in [-0.39, 0.29) is 41.0 Å². The van der Waals surface area contributed by atoms with Crippen LogP contribution < -0.4 is 0 Å². The average molecular weight is 656 g/mol. The number of hydrogen-bond acceptors (Lipinski definition) is 3. The molecule has 2 aliphatic heterocycles. The van der Waals surface area contributed by atoms with E-state index in [0.29, 0.717) is 64.1 Å². The summed E-state index contributed by atoms with van der Waals surface area (Å²) in [7, 11) is 1.77. The van der Waals surface area contributed by atoms with E-state index in [9.17, 15) is 14.4 Å². The number of amides is 3. The zero-order chi connectivity index (χ0) is 28.1. The highest BCUT2D eigenvalue weighted by molar-refractivity contribution is 9.10. The van der Waals surface area contributed by atoms with Crippen LogP contribution in [0.1, 0.15) is 54.4 Å². The van der Waals surface area contributed by atoms with Crippen LogP contribution in [0.3, 0.4) is 0 Å². The van der Waals surface area contributed by atoms with Gasteiger partial charge in [0.25, 0.3) is 5.91 Å². The average Bonchev–Trinajstić information content (AvgIpc) is 3.53. The molecular formula is C29H31BrCl3N3O3. The second kappa shape index (κ2) is 11.2. The predicted molar refractivity (Wildman–Crippen MR) is 157 cm³/mol. The minimum absolute atomic E-state index is 0.0855. The van der Waals surface area contributed by atoms with E-state index >= 15 is 0 Å². The lowest BCUT2D eigenvalue weighted by Gasteiger charge is -2.34. The Labute approximate surface area is 252 Å². The van der Waals surface area contributed by atoms with Gasteiger partial charge >= 0.3 is 0 Å². The first kappa shape index (κ1) is 28.7. The molecule has 39 heavy (non-hydrogen) atoms. The molecule has 2 atom stereocenters. The van der Waals surface area contributed by atoms with Crippen LogP contribution in [-0.2, 0) is 9.59 Å². The number of benzene rings is 2. The van der Waals surface area contributed by atoms with Gasteiger partial charge in [-0.05, 0) is 77.5 Å². The maximum absolute atomic E-state index is 13.7. The van der Waals surface area contributed by atoms with Crippen LogP contribution in [0.2, 0.25) is 15.1 Å². The Morgan fingerprint density at radius 3 is 2.21 bits per heavy atom. The molecule has 5 rings (SSSR count). The summed E-state index contributed by atoms with van der Waals surface area (Å²) in [5.41, 5.74) is 1.25. The van der Waals surface area contributed by atoms with Gasteiger partial charge in [-0.1, -0.05) is 47.8 Å². The highest BCUT2D eigenvalue weighted by Crippen LogP contribution is 2.47. The molecule has 1 unspecified atom stereocenters. The molecular weight excluding hydrogens is 625 g/mol. The van der Waals surface area contributed by atoms with Gasteiger partial charge in [0.2, 0.25) is 11.8 Å². The Hall–Kier alpha value is -1.80. The van der Waals surface area contributed by atoms with E-state index in [1.54, 1.807) is 36.2 Å². The quantitative estimate of drug-likeness (QED) is 0.369. The van der Waals surface area contributed by atoms with Crippen molar-refractivity contribution in [2.24, 2.45) is 11.3 Å². The number of carbonyl (C=O) groups excluding carboxylic acids is 3. The van der Waals surface area contributed by atoms with Gasteiger partial charge in [0.05, 0.1) is 21.1 Å². The van der Waals surface area contributed by atoms with Crippen molar-refractivity contribution in [3.63, 3.8) is 0 Å². The van der Waals surface area contributed by atoms with Gasteiger partial charge in [-0.25, -0.2) is 0 Å². The van der Waals surface area contributed by atoms with Gasteiger partial charge in [0.1, 0.15) is 0 Å². The first-order valence-electron chi connectivity index (χ1n) is 13.2. The Balaban J connectivity index is 1.34. The molecule has 2 aromatic rings. The molecule has 0 N–H and O–H groups in total. The lowest BCUT2D eigenvalue weighted by Crippen LogP contribution is -2.46. The van der Waals surface area contributed by atoms with Crippen LogP contribution >= 0.6 is 50.7 Å². The maximum Gasteiger partial charge on any atom is 0.253 e.